The van der Waals surface area contributed by atoms with E-state index in [-0.39, 0.29) is 12.5 Å². The summed E-state index contributed by atoms with van der Waals surface area (Å²) in [6.45, 7) is 4.05. The van der Waals surface area contributed by atoms with E-state index in [4.69, 9.17) is 0 Å². The zero-order valence-electron chi connectivity index (χ0n) is 33.5. The number of amides is 1. The van der Waals surface area contributed by atoms with Crippen molar-refractivity contribution in [2.45, 2.75) is 180 Å². The number of hydrogen-bond acceptors (Lipinski definition) is 3. The van der Waals surface area contributed by atoms with Crippen LogP contribution in [0.3, 0.4) is 0 Å². The maximum atomic E-state index is 12.3. The molecule has 0 aliphatic rings. The normalized spacial score (nSPS) is 14.2. The van der Waals surface area contributed by atoms with E-state index < -0.39 is 12.1 Å². The molecule has 0 aromatic heterocycles. The van der Waals surface area contributed by atoms with Gasteiger partial charge in [0.2, 0.25) is 5.91 Å². The molecular weight excluding hydrogens is 639 g/mol. The molecule has 2 unspecified atom stereocenters. The first kappa shape index (κ1) is 49.0. The van der Waals surface area contributed by atoms with Crippen LogP contribution >= 0.6 is 0 Å². The maximum Gasteiger partial charge on any atom is 0.220 e. The van der Waals surface area contributed by atoms with E-state index in [0.29, 0.717) is 6.42 Å². The lowest BCUT2D eigenvalue weighted by Gasteiger charge is -2.19. The van der Waals surface area contributed by atoms with E-state index in [1.54, 1.807) is 6.08 Å². The molecule has 4 heteroatoms. The van der Waals surface area contributed by atoms with Gasteiger partial charge in [0, 0.05) is 6.42 Å². The summed E-state index contributed by atoms with van der Waals surface area (Å²) in [4.78, 5) is 12.3. The highest BCUT2D eigenvalue weighted by Gasteiger charge is 2.17. The molecule has 0 aliphatic carbocycles. The Morgan fingerprint density at radius 2 is 0.865 bits per heavy atom. The Morgan fingerprint density at radius 1 is 0.481 bits per heavy atom. The third-order valence-corrected chi connectivity index (χ3v) is 8.72. The van der Waals surface area contributed by atoms with Crippen molar-refractivity contribution in [3.05, 3.63) is 109 Å². The summed E-state index contributed by atoms with van der Waals surface area (Å²) in [5.74, 6) is -0.0885. The van der Waals surface area contributed by atoms with Crippen LogP contribution in [-0.2, 0) is 4.79 Å². The molecule has 0 aromatic rings. The minimum atomic E-state index is -0.866. The molecule has 4 nitrogen and oxygen atoms in total. The second kappa shape index (κ2) is 42.5. The van der Waals surface area contributed by atoms with Crippen LogP contribution in [0.5, 0.6) is 0 Å². The van der Waals surface area contributed by atoms with Gasteiger partial charge in [-0.3, -0.25) is 4.79 Å². The topological polar surface area (TPSA) is 69.6 Å². The Bertz CT molecular complexity index is 1040. The van der Waals surface area contributed by atoms with Gasteiger partial charge in [-0.1, -0.05) is 187 Å². The number of hydrogen-bond donors (Lipinski definition) is 3. The van der Waals surface area contributed by atoms with Gasteiger partial charge in [-0.05, 0) is 83.5 Å². The molecule has 3 N–H and O–H groups in total. The smallest absolute Gasteiger partial charge is 0.220 e. The molecule has 52 heavy (non-hydrogen) atoms. The predicted molar refractivity (Wildman–Crippen MR) is 229 cm³/mol. The van der Waals surface area contributed by atoms with Crippen LogP contribution in [0.2, 0.25) is 0 Å². The van der Waals surface area contributed by atoms with Crippen molar-refractivity contribution in [2.75, 3.05) is 6.61 Å². The lowest BCUT2D eigenvalue weighted by Crippen LogP contribution is -2.45. The van der Waals surface area contributed by atoms with E-state index in [0.717, 1.165) is 83.5 Å². The summed E-state index contributed by atoms with van der Waals surface area (Å²) < 4.78 is 0. The Morgan fingerprint density at radius 3 is 1.33 bits per heavy atom. The number of carbonyl (C=O) groups is 1. The Balaban J connectivity index is 3.58. The summed E-state index contributed by atoms with van der Waals surface area (Å²) in [5, 5.41) is 22.7. The molecule has 0 saturated carbocycles. The summed E-state index contributed by atoms with van der Waals surface area (Å²) in [5.41, 5.74) is 0. The first-order chi connectivity index (χ1) is 25.7. The van der Waals surface area contributed by atoms with Gasteiger partial charge in [-0.2, -0.15) is 0 Å². The van der Waals surface area contributed by atoms with Crippen molar-refractivity contribution < 1.29 is 15.0 Å². The van der Waals surface area contributed by atoms with E-state index in [2.05, 4.69) is 116 Å². The van der Waals surface area contributed by atoms with Crippen LogP contribution in [-0.4, -0.2) is 34.9 Å². The van der Waals surface area contributed by atoms with E-state index in [9.17, 15) is 15.0 Å². The highest BCUT2D eigenvalue weighted by Crippen LogP contribution is 2.13. The summed E-state index contributed by atoms with van der Waals surface area (Å²) in [6, 6.07) is -0.644. The van der Waals surface area contributed by atoms with Gasteiger partial charge in [0.25, 0.3) is 0 Å². The number of aliphatic hydroxyl groups excluding tert-OH is 2. The number of carbonyl (C=O) groups excluding carboxylic acids is 1. The first-order valence-corrected chi connectivity index (χ1v) is 21.1. The minimum Gasteiger partial charge on any atom is -0.394 e. The predicted octanol–water partition coefficient (Wildman–Crippen LogP) is 13.2. The quantitative estimate of drug-likeness (QED) is 0.0446. The lowest BCUT2D eigenvalue weighted by atomic mass is 10.0. The average Bonchev–Trinajstić information content (AvgIpc) is 3.15. The molecule has 0 saturated heterocycles. The highest BCUT2D eigenvalue weighted by molar-refractivity contribution is 5.76. The third kappa shape index (κ3) is 38.3. The number of rotatable bonds is 36. The van der Waals surface area contributed by atoms with Crippen LogP contribution in [0.1, 0.15) is 168 Å². The lowest BCUT2D eigenvalue weighted by molar-refractivity contribution is -0.123. The monoisotopic (exact) mass is 718 g/mol. The molecule has 0 fully saturated rings. The molecular formula is C48H79NO3. The second-order valence-corrected chi connectivity index (χ2v) is 13.7. The fraction of sp³-hybridized carbons (Fsp3) is 0.604. The molecule has 0 spiro atoms. The molecule has 0 bridgehead atoms. The van der Waals surface area contributed by atoms with Crippen LogP contribution in [0.25, 0.3) is 0 Å². The fourth-order valence-corrected chi connectivity index (χ4v) is 5.53. The summed E-state index contributed by atoms with van der Waals surface area (Å²) in [6.07, 6.45) is 65.0. The van der Waals surface area contributed by atoms with Gasteiger partial charge in [-0.25, -0.2) is 0 Å². The van der Waals surface area contributed by atoms with Crippen molar-refractivity contribution in [2.24, 2.45) is 0 Å². The second-order valence-electron chi connectivity index (χ2n) is 13.7. The van der Waals surface area contributed by atoms with E-state index in [1.165, 1.54) is 64.2 Å². The Hall–Kier alpha value is -2.95. The van der Waals surface area contributed by atoms with Gasteiger partial charge >= 0.3 is 0 Å². The maximum absolute atomic E-state index is 12.3. The Kier molecular flexibility index (Phi) is 40.1. The minimum absolute atomic E-state index is 0.0885. The largest absolute Gasteiger partial charge is 0.394 e. The van der Waals surface area contributed by atoms with Gasteiger partial charge in [0.15, 0.2) is 0 Å². The molecule has 1 amide bonds. The number of unbranched alkanes of at least 4 members (excludes halogenated alkanes) is 13. The van der Waals surface area contributed by atoms with Gasteiger partial charge in [-0.15, -0.1) is 0 Å². The first-order valence-electron chi connectivity index (χ1n) is 21.1. The van der Waals surface area contributed by atoms with Crippen molar-refractivity contribution >= 4 is 5.91 Å². The zero-order valence-corrected chi connectivity index (χ0v) is 33.5. The van der Waals surface area contributed by atoms with Crippen molar-refractivity contribution in [3.63, 3.8) is 0 Å². The summed E-state index contributed by atoms with van der Waals surface area (Å²) >= 11 is 0. The van der Waals surface area contributed by atoms with Crippen LogP contribution in [0.4, 0.5) is 0 Å². The average molecular weight is 718 g/mol. The Labute approximate surface area is 321 Å². The van der Waals surface area contributed by atoms with E-state index in [1.807, 2.05) is 6.08 Å². The number of allylic oxidation sites excluding steroid dienone is 17. The van der Waals surface area contributed by atoms with E-state index >= 15 is 0 Å². The summed E-state index contributed by atoms with van der Waals surface area (Å²) in [7, 11) is 0. The number of nitrogens with one attached hydrogen (secondary N) is 1. The molecule has 0 heterocycles. The van der Waals surface area contributed by atoms with Crippen LogP contribution in [0.15, 0.2) is 109 Å². The van der Waals surface area contributed by atoms with Gasteiger partial charge in [0.1, 0.15) is 0 Å². The van der Waals surface area contributed by atoms with Crippen molar-refractivity contribution in [3.8, 4) is 0 Å². The molecule has 0 radical (unpaired) electrons. The van der Waals surface area contributed by atoms with Crippen LogP contribution in [0, 0.1) is 0 Å². The number of aliphatic hydroxyl groups is 2. The molecule has 294 valence electrons. The third-order valence-electron chi connectivity index (χ3n) is 8.72. The fourth-order valence-electron chi connectivity index (χ4n) is 5.53. The van der Waals surface area contributed by atoms with Gasteiger partial charge < -0.3 is 15.5 Å². The molecule has 0 rings (SSSR count). The standard InChI is InChI=1S/C48H79NO3/c1-3-5-7-9-11-12-13-14-15-16-17-18-19-20-21-22-23-24-25-26-27-28-29-30-31-32-33-34-35-36-38-40-42-44-48(52)49-46(45-50)47(51)43-41-39-37-10-8-6-4-2/h5,7-8,10-12,14-15,17-18,20-21,23-24,26-27,41,43,46-47,50-51H,3-4,6,9,13,16,19,22,25,28-40,42,44-45H2,1-2H3,(H,49,52)/b7-5-,10-8+,12-11-,15-14-,18-17-,21-20-,24-23-,27-26-,43-41+. The molecule has 2 atom stereocenters. The van der Waals surface area contributed by atoms with Crippen molar-refractivity contribution in [1.29, 1.82) is 0 Å². The molecule has 0 aromatic carbocycles. The SMILES string of the molecule is CC/C=C\C/C=C\C/C=C\C/C=C\C/C=C\C/C=C\C/C=C\CCCCCCCCCCCCCC(=O)NC(CO)C(O)/C=C/CC/C=C/CCC. The highest BCUT2D eigenvalue weighted by atomic mass is 16.3. The van der Waals surface area contributed by atoms with Gasteiger partial charge in [0.05, 0.1) is 18.8 Å². The zero-order chi connectivity index (χ0) is 37.8. The molecule has 0 aliphatic heterocycles. The van der Waals surface area contributed by atoms with Crippen molar-refractivity contribution in [1.82, 2.24) is 5.32 Å². The van der Waals surface area contributed by atoms with Crippen LogP contribution < -0.4 is 5.32 Å².